The molecule has 45 heavy (non-hydrogen) atoms. The number of fused-ring (bicyclic) bond motifs is 2. The number of carbonyl (C=O) groups is 1. The van der Waals surface area contributed by atoms with Crippen LogP contribution in [-0.4, -0.2) is 80.6 Å². The van der Waals surface area contributed by atoms with Crippen LogP contribution in [0, 0.1) is 5.41 Å². The molecule has 3 aromatic rings. The largest absolute Gasteiger partial charge is 0.338 e. The highest BCUT2D eigenvalue weighted by molar-refractivity contribution is 5.78. The van der Waals surface area contributed by atoms with Crippen LogP contribution in [0.5, 0.6) is 0 Å². The SMILES string of the molecule is CC(=O)N1CCc2c(c(N3CCCc4cc(-c5cnn(C)c5)c(C(F)F)cc43)nn2C2CCN(C3CCC4(CNC4)C3)CC2)C1. The number of anilines is 2. The molecule has 3 fully saturated rings. The van der Waals surface area contributed by atoms with Crippen molar-refractivity contribution in [3.63, 3.8) is 0 Å². The molecule has 1 amide bonds. The Morgan fingerprint density at radius 3 is 2.56 bits per heavy atom. The Kier molecular flexibility index (Phi) is 7.24. The van der Waals surface area contributed by atoms with Crippen LogP contribution < -0.4 is 10.2 Å². The number of rotatable bonds is 5. The van der Waals surface area contributed by atoms with Gasteiger partial charge in [0.2, 0.25) is 5.91 Å². The number of hydrogen-bond acceptors (Lipinski definition) is 6. The molecule has 1 aliphatic carbocycles. The lowest BCUT2D eigenvalue weighted by atomic mass is 9.80. The van der Waals surface area contributed by atoms with E-state index in [2.05, 4.69) is 24.9 Å². The zero-order valence-corrected chi connectivity index (χ0v) is 26.4. The maximum atomic E-state index is 14.6. The van der Waals surface area contributed by atoms with Crippen molar-refractivity contribution < 1.29 is 13.6 Å². The molecular weight excluding hydrogens is 574 g/mol. The number of alkyl halides is 2. The molecule has 1 spiro atoms. The molecule has 6 heterocycles. The van der Waals surface area contributed by atoms with E-state index in [1.807, 2.05) is 11.0 Å². The molecule has 9 nitrogen and oxygen atoms in total. The summed E-state index contributed by atoms with van der Waals surface area (Å²) in [5.74, 6) is 0.896. The van der Waals surface area contributed by atoms with Gasteiger partial charge in [0.25, 0.3) is 6.43 Å². The first-order chi connectivity index (χ1) is 21.8. The molecule has 11 heteroatoms. The highest BCUT2D eigenvalue weighted by Crippen LogP contribution is 2.46. The fourth-order valence-electron chi connectivity index (χ4n) is 8.86. The zero-order valence-electron chi connectivity index (χ0n) is 26.4. The topological polar surface area (TPSA) is 74.5 Å². The summed E-state index contributed by atoms with van der Waals surface area (Å²) in [6.45, 7) is 8.08. The maximum Gasteiger partial charge on any atom is 0.264 e. The molecule has 4 aliphatic heterocycles. The first kappa shape index (κ1) is 29.1. The molecule has 0 bridgehead atoms. The number of likely N-dealkylation sites (tertiary alicyclic amines) is 1. The second kappa shape index (κ2) is 11.2. The molecule has 1 aromatic carbocycles. The number of aromatic nitrogens is 4. The Morgan fingerprint density at radius 1 is 1.07 bits per heavy atom. The molecule has 1 N–H and O–H groups in total. The minimum Gasteiger partial charge on any atom is -0.338 e. The van der Waals surface area contributed by atoms with E-state index < -0.39 is 6.43 Å². The summed E-state index contributed by atoms with van der Waals surface area (Å²) in [5.41, 5.74) is 5.98. The fraction of sp³-hybridized carbons (Fsp3) is 0.618. The Morgan fingerprint density at radius 2 is 1.89 bits per heavy atom. The van der Waals surface area contributed by atoms with Crippen molar-refractivity contribution in [3.8, 4) is 11.1 Å². The highest BCUT2D eigenvalue weighted by Gasteiger charge is 2.46. The zero-order chi connectivity index (χ0) is 30.9. The van der Waals surface area contributed by atoms with E-state index in [1.165, 1.54) is 38.0 Å². The van der Waals surface area contributed by atoms with Gasteiger partial charge in [-0.25, -0.2) is 8.78 Å². The number of carbonyl (C=O) groups excluding carboxylic acids is 1. The van der Waals surface area contributed by atoms with Crippen molar-refractivity contribution in [3.05, 3.63) is 46.9 Å². The smallest absolute Gasteiger partial charge is 0.264 e. The van der Waals surface area contributed by atoms with Gasteiger partial charge in [0.15, 0.2) is 5.82 Å². The van der Waals surface area contributed by atoms with Gasteiger partial charge in [-0.1, -0.05) is 0 Å². The maximum absolute atomic E-state index is 14.6. The molecule has 0 radical (unpaired) electrons. The van der Waals surface area contributed by atoms with Crippen molar-refractivity contribution in [2.75, 3.05) is 44.2 Å². The monoisotopic (exact) mass is 618 g/mol. The quantitative estimate of drug-likeness (QED) is 0.435. The van der Waals surface area contributed by atoms with Gasteiger partial charge in [-0.15, -0.1) is 0 Å². The van der Waals surface area contributed by atoms with Crippen molar-refractivity contribution in [1.29, 1.82) is 0 Å². The molecule has 1 atom stereocenters. The molecule has 1 unspecified atom stereocenters. The predicted octanol–water partition coefficient (Wildman–Crippen LogP) is 4.99. The van der Waals surface area contributed by atoms with Gasteiger partial charge in [-0.3, -0.25) is 14.2 Å². The van der Waals surface area contributed by atoms with Gasteiger partial charge < -0.3 is 20.0 Å². The summed E-state index contributed by atoms with van der Waals surface area (Å²) in [7, 11) is 1.80. The molecule has 1 saturated carbocycles. The van der Waals surface area contributed by atoms with Gasteiger partial charge in [-0.05, 0) is 73.6 Å². The van der Waals surface area contributed by atoms with Crippen LogP contribution in [0.3, 0.4) is 0 Å². The van der Waals surface area contributed by atoms with E-state index in [1.54, 1.807) is 37.1 Å². The average molecular weight is 619 g/mol. The van der Waals surface area contributed by atoms with E-state index in [0.717, 1.165) is 67.8 Å². The standard InChI is InChI=1S/C34H44F2N8O/c1-22(45)42-13-8-30-29(19-42)33(39-44(30)25-6-11-41(12-7-25)26-5-9-34(16-26)20-37-21-34)43-10-3-4-23-14-27(24-17-38-40(2)18-24)28(32(35)36)15-31(23)43/h14-15,17-18,25-26,32,37H,3-13,16,19-21H2,1-2H3. The number of hydrogen-bond donors (Lipinski definition) is 1. The fourth-order valence-corrected chi connectivity index (χ4v) is 8.86. The van der Waals surface area contributed by atoms with Crippen molar-refractivity contribution in [2.24, 2.45) is 12.5 Å². The van der Waals surface area contributed by atoms with Crippen molar-refractivity contribution in [2.45, 2.75) is 83.3 Å². The van der Waals surface area contributed by atoms with Gasteiger partial charge in [0.1, 0.15) is 0 Å². The molecule has 8 rings (SSSR count). The van der Waals surface area contributed by atoms with Crippen LogP contribution >= 0.6 is 0 Å². The first-order valence-corrected chi connectivity index (χ1v) is 16.8. The van der Waals surface area contributed by atoms with Crippen LogP contribution in [-0.2, 0) is 31.2 Å². The minimum atomic E-state index is -2.62. The van der Waals surface area contributed by atoms with Crippen LogP contribution in [0.2, 0.25) is 0 Å². The normalized spacial score (nSPS) is 23.4. The summed E-state index contributed by atoms with van der Waals surface area (Å²) < 4.78 is 33.1. The second-order valence-corrected chi connectivity index (χ2v) is 14.2. The average Bonchev–Trinajstić information content (AvgIpc) is 3.77. The van der Waals surface area contributed by atoms with Crippen molar-refractivity contribution >= 4 is 17.4 Å². The van der Waals surface area contributed by atoms with Crippen LogP contribution in [0.1, 0.15) is 80.3 Å². The first-order valence-electron chi connectivity index (χ1n) is 16.8. The number of benzene rings is 1. The lowest BCUT2D eigenvalue weighted by Crippen LogP contribution is -2.53. The van der Waals surface area contributed by atoms with E-state index in [9.17, 15) is 13.6 Å². The van der Waals surface area contributed by atoms with Crippen LogP contribution in [0.25, 0.3) is 11.1 Å². The Bertz CT molecular complexity index is 1600. The van der Waals surface area contributed by atoms with Gasteiger partial charge in [0.05, 0.1) is 18.8 Å². The summed E-state index contributed by atoms with van der Waals surface area (Å²) in [5, 5.41) is 13.1. The summed E-state index contributed by atoms with van der Waals surface area (Å²) in [6, 6.07) is 4.63. The summed E-state index contributed by atoms with van der Waals surface area (Å²) in [6.07, 6.45) is 9.44. The number of halogens is 2. The third-order valence-electron chi connectivity index (χ3n) is 11.4. The molecule has 2 saturated heterocycles. The number of piperidine rings is 1. The van der Waals surface area contributed by atoms with Gasteiger partial charge in [-0.2, -0.15) is 10.2 Å². The second-order valence-electron chi connectivity index (χ2n) is 14.2. The number of aryl methyl sites for hydroxylation is 2. The minimum absolute atomic E-state index is 0.0195. The Hall–Kier alpha value is -3.31. The third-order valence-corrected chi connectivity index (χ3v) is 11.4. The van der Waals surface area contributed by atoms with Gasteiger partial charge in [0, 0.05) is 100.0 Å². The van der Waals surface area contributed by atoms with E-state index in [-0.39, 0.29) is 11.5 Å². The number of nitrogens with one attached hydrogen (secondary N) is 1. The molecule has 5 aliphatic rings. The van der Waals surface area contributed by atoms with E-state index >= 15 is 0 Å². The molecular formula is C34H44F2N8O. The highest BCUT2D eigenvalue weighted by atomic mass is 19.3. The summed E-state index contributed by atoms with van der Waals surface area (Å²) >= 11 is 0. The lowest BCUT2D eigenvalue weighted by Gasteiger charge is -2.41. The summed E-state index contributed by atoms with van der Waals surface area (Å²) in [4.78, 5) is 19.3. The van der Waals surface area contributed by atoms with E-state index in [0.29, 0.717) is 48.3 Å². The molecule has 240 valence electrons. The molecule has 2 aromatic heterocycles. The third kappa shape index (κ3) is 5.06. The number of amides is 1. The number of nitrogens with zero attached hydrogens (tertiary/aromatic N) is 7. The van der Waals surface area contributed by atoms with E-state index in [4.69, 9.17) is 5.10 Å². The van der Waals surface area contributed by atoms with Gasteiger partial charge >= 0.3 is 0 Å². The van der Waals surface area contributed by atoms with Crippen LogP contribution in [0.4, 0.5) is 20.3 Å². The Labute approximate surface area is 263 Å². The predicted molar refractivity (Wildman–Crippen MR) is 169 cm³/mol. The lowest BCUT2D eigenvalue weighted by molar-refractivity contribution is -0.129. The van der Waals surface area contributed by atoms with Crippen molar-refractivity contribution in [1.82, 2.24) is 34.7 Å². The van der Waals surface area contributed by atoms with Crippen LogP contribution in [0.15, 0.2) is 24.5 Å². The Balaban J connectivity index is 1.12.